The summed E-state index contributed by atoms with van der Waals surface area (Å²) in [6.07, 6.45) is 1.21. The zero-order chi connectivity index (χ0) is 12.7. The highest BCUT2D eigenvalue weighted by atomic mass is 15.2. The van der Waals surface area contributed by atoms with Crippen molar-refractivity contribution in [2.75, 3.05) is 20.1 Å². The van der Waals surface area contributed by atoms with Crippen LogP contribution in [0.4, 0.5) is 0 Å². The molecular formula is C16H24N2. The molecule has 0 saturated carbocycles. The van der Waals surface area contributed by atoms with E-state index in [2.05, 4.69) is 55.4 Å². The zero-order valence-corrected chi connectivity index (χ0v) is 11.7. The predicted molar refractivity (Wildman–Crippen MR) is 75.6 cm³/mol. The Morgan fingerprint density at radius 2 is 1.78 bits per heavy atom. The minimum Gasteiger partial charge on any atom is -0.312 e. The molecule has 0 aromatic heterocycles. The van der Waals surface area contributed by atoms with Crippen LogP contribution in [0.25, 0.3) is 0 Å². The van der Waals surface area contributed by atoms with Gasteiger partial charge in [-0.15, -0.1) is 0 Å². The summed E-state index contributed by atoms with van der Waals surface area (Å²) in [6.45, 7) is 7.30. The Kier molecular flexibility index (Phi) is 3.16. The molecule has 2 nitrogen and oxygen atoms in total. The lowest BCUT2D eigenvalue weighted by atomic mass is 10.0. The molecule has 2 heteroatoms. The van der Waals surface area contributed by atoms with Gasteiger partial charge in [-0.2, -0.15) is 0 Å². The molecule has 2 aliphatic rings. The van der Waals surface area contributed by atoms with Crippen molar-refractivity contribution in [3.05, 3.63) is 35.4 Å². The molecule has 1 aliphatic heterocycles. The Morgan fingerprint density at radius 1 is 1.11 bits per heavy atom. The molecule has 18 heavy (non-hydrogen) atoms. The Morgan fingerprint density at radius 3 is 2.44 bits per heavy atom. The summed E-state index contributed by atoms with van der Waals surface area (Å²) in [5.41, 5.74) is 3.05. The van der Waals surface area contributed by atoms with Crippen LogP contribution in [0.15, 0.2) is 24.3 Å². The van der Waals surface area contributed by atoms with E-state index in [1.807, 2.05) is 0 Å². The second-order valence-electron chi connectivity index (χ2n) is 6.15. The normalized spacial score (nSPS) is 35.9. The standard InChI is InChI=1S/C16H24N2/c1-11-9-18(10-12(11)2)15-8-13-6-4-5-7-14(13)16(15)17-3/h4-7,11-12,15-17H,8-10H2,1-3H3. The highest BCUT2D eigenvalue weighted by Crippen LogP contribution is 2.37. The van der Waals surface area contributed by atoms with Crippen LogP contribution >= 0.6 is 0 Å². The van der Waals surface area contributed by atoms with Crippen LogP contribution in [0.1, 0.15) is 31.0 Å². The van der Waals surface area contributed by atoms with Crippen LogP contribution in [-0.4, -0.2) is 31.1 Å². The molecule has 1 aromatic rings. The third-order valence-electron chi connectivity index (χ3n) is 5.00. The largest absolute Gasteiger partial charge is 0.312 e. The van der Waals surface area contributed by atoms with E-state index < -0.39 is 0 Å². The highest BCUT2D eigenvalue weighted by Gasteiger charge is 2.39. The monoisotopic (exact) mass is 244 g/mol. The molecule has 4 atom stereocenters. The van der Waals surface area contributed by atoms with Crippen molar-refractivity contribution in [2.24, 2.45) is 11.8 Å². The molecule has 1 aromatic carbocycles. The van der Waals surface area contributed by atoms with E-state index in [9.17, 15) is 0 Å². The Balaban J connectivity index is 1.83. The predicted octanol–water partition coefficient (Wildman–Crippen LogP) is 2.46. The second-order valence-corrected chi connectivity index (χ2v) is 6.15. The summed E-state index contributed by atoms with van der Waals surface area (Å²) in [7, 11) is 2.10. The fraction of sp³-hybridized carbons (Fsp3) is 0.625. The number of nitrogens with one attached hydrogen (secondary N) is 1. The van der Waals surface area contributed by atoms with E-state index in [0.717, 1.165) is 11.8 Å². The van der Waals surface area contributed by atoms with E-state index in [1.165, 1.54) is 30.6 Å². The molecule has 1 N–H and O–H groups in total. The van der Waals surface area contributed by atoms with Crippen molar-refractivity contribution >= 4 is 0 Å². The maximum atomic E-state index is 3.54. The number of rotatable bonds is 2. The number of benzene rings is 1. The fourth-order valence-corrected chi connectivity index (χ4v) is 3.71. The number of likely N-dealkylation sites (N-methyl/N-ethyl adjacent to an activating group) is 1. The van der Waals surface area contributed by atoms with Gasteiger partial charge in [0.1, 0.15) is 0 Å². The quantitative estimate of drug-likeness (QED) is 0.859. The zero-order valence-electron chi connectivity index (χ0n) is 11.7. The summed E-state index contributed by atoms with van der Waals surface area (Å²) in [5.74, 6) is 1.68. The van der Waals surface area contributed by atoms with Crippen LogP contribution < -0.4 is 5.32 Å². The van der Waals surface area contributed by atoms with Gasteiger partial charge in [-0.05, 0) is 36.4 Å². The maximum Gasteiger partial charge on any atom is 0.0481 e. The average Bonchev–Trinajstić information content (AvgIpc) is 2.90. The SMILES string of the molecule is CNC1c2ccccc2CC1N1CC(C)C(C)C1. The summed E-state index contributed by atoms with van der Waals surface area (Å²) >= 11 is 0. The fourth-order valence-electron chi connectivity index (χ4n) is 3.71. The molecule has 1 fully saturated rings. The number of nitrogens with zero attached hydrogens (tertiary/aromatic N) is 1. The number of hydrogen-bond acceptors (Lipinski definition) is 2. The molecule has 0 radical (unpaired) electrons. The van der Waals surface area contributed by atoms with Crippen LogP contribution in [0.2, 0.25) is 0 Å². The third kappa shape index (κ3) is 1.88. The minimum atomic E-state index is 0.513. The molecule has 0 spiro atoms. The first kappa shape index (κ1) is 12.2. The van der Waals surface area contributed by atoms with Crippen LogP contribution in [0, 0.1) is 11.8 Å². The third-order valence-corrected chi connectivity index (χ3v) is 5.00. The van der Waals surface area contributed by atoms with Gasteiger partial charge in [0.05, 0.1) is 0 Å². The van der Waals surface area contributed by atoms with Gasteiger partial charge < -0.3 is 5.32 Å². The van der Waals surface area contributed by atoms with Gasteiger partial charge in [-0.3, -0.25) is 4.90 Å². The van der Waals surface area contributed by atoms with Crippen LogP contribution in [0.5, 0.6) is 0 Å². The molecule has 1 saturated heterocycles. The number of fused-ring (bicyclic) bond motifs is 1. The van der Waals surface area contributed by atoms with E-state index in [1.54, 1.807) is 0 Å². The molecule has 1 aliphatic carbocycles. The van der Waals surface area contributed by atoms with Gasteiger partial charge in [0, 0.05) is 25.2 Å². The summed E-state index contributed by atoms with van der Waals surface area (Å²) < 4.78 is 0. The number of hydrogen-bond donors (Lipinski definition) is 1. The molecule has 0 amide bonds. The van der Waals surface area contributed by atoms with Gasteiger partial charge in [-0.25, -0.2) is 0 Å². The molecule has 0 bridgehead atoms. The highest BCUT2D eigenvalue weighted by molar-refractivity contribution is 5.37. The van der Waals surface area contributed by atoms with Crippen LogP contribution in [0.3, 0.4) is 0 Å². The molecular weight excluding hydrogens is 220 g/mol. The van der Waals surface area contributed by atoms with Gasteiger partial charge in [0.2, 0.25) is 0 Å². The van der Waals surface area contributed by atoms with Gasteiger partial charge >= 0.3 is 0 Å². The Labute approximate surface area is 110 Å². The van der Waals surface area contributed by atoms with Crippen molar-refractivity contribution in [2.45, 2.75) is 32.4 Å². The van der Waals surface area contributed by atoms with E-state index in [-0.39, 0.29) is 0 Å². The minimum absolute atomic E-state index is 0.513. The van der Waals surface area contributed by atoms with Crippen molar-refractivity contribution in [3.63, 3.8) is 0 Å². The molecule has 98 valence electrons. The topological polar surface area (TPSA) is 15.3 Å². The molecule has 3 rings (SSSR count). The molecule has 4 unspecified atom stereocenters. The Bertz CT molecular complexity index is 419. The van der Waals surface area contributed by atoms with E-state index >= 15 is 0 Å². The first-order valence-corrected chi connectivity index (χ1v) is 7.20. The second kappa shape index (κ2) is 4.67. The smallest absolute Gasteiger partial charge is 0.0481 e. The Hall–Kier alpha value is -0.860. The first-order valence-electron chi connectivity index (χ1n) is 7.20. The molecule has 1 heterocycles. The first-order chi connectivity index (χ1) is 8.70. The van der Waals surface area contributed by atoms with E-state index in [0.29, 0.717) is 12.1 Å². The van der Waals surface area contributed by atoms with Gasteiger partial charge in [0.15, 0.2) is 0 Å². The summed E-state index contributed by atoms with van der Waals surface area (Å²) in [6, 6.07) is 10.1. The summed E-state index contributed by atoms with van der Waals surface area (Å²) in [4.78, 5) is 2.70. The van der Waals surface area contributed by atoms with Crippen molar-refractivity contribution in [3.8, 4) is 0 Å². The number of likely N-dealkylation sites (tertiary alicyclic amines) is 1. The summed E-state index contributed by atoms with van der Waals surface area (Å²) in [5, 5.41) is 3.54. The lowest BCUT2D eigenvalue weighted by molar-refractivity contribution is 0.200. The van der Waals surface area contributed by atoms with Crippen LogP contribution in [-0.2, 0) is 6.42 Å². The lowest BCUT2D eigenvalue weighted by Gasteiger charge is -2.29. The van der Waals surface area contributed by atoms with Crippen molar-refractivity contribution in [1.29, 1.82) is 0 Å². The average molecular weight is 244 g/mol. The lowest BCUT2D eigenvalue weighted by Crippen LogP contribution is -2.41. The maximum absolute atomic E-state index is 3.54. The van der Waals surface area contributed by atoms with Crippen molar-refractivity contribution < 1.29 is 0 Å². The van der Waals surface area contributed by atoms with Crippen molar-refractivity contribution in [1.82, 2.24) is 10.2 Å². The van der Waals surface area contributed by atoms with E-state index in [4.69, 9.17) is 0 Å². The van der Waals surface area contributed by atoms with Gasteiger partial charge in [0.25, 0.3) is 0 Å². The van der Waals surface area contributed by atoms with Gasteiger partial charge in [-0.1, -0.05) is 38.1 Å².